The monoisotopic (exact) mass is 373 g/mol. The second-order valence-corrected chi connectivity index (χ2v) is 7.12. The number of aromatic nitrogens is 2. The van der Waals surface area contributed by atoms with Gasteiger partial charge in [-0.2, -0.15) is 16.4 Å². The van der Waals surface area contributed by atoms with E-state index in [-0.39, 0.29) is 5.91 Å². The van der Waals surface area contributed by atoms with Gasteiger partial charge in [0.25, 0.3) is 0 Å². The minimum absolute atomic E-state index is 0.0402. The number of hydrogen-bond donors (Lipinski definition) is 2. The third-order valence-corrected chi connectivity index (χ3v) is 5.18. The van der Waals surface area contributed by atoms with E-state index < -0.39 is 0 Å². The van der Waals surface area contributed by atoms with E-state index >= 15 is 0 Å². The van der Waals surface area contributed by atoms with E-state index in [4.69, 9.17) is 4.42 Å². The van der Waals surface area contributed by atoms with E-state index in [1.807, 2.05) is 65.4 Å². The number of benzene rings is 2. The second-order valence-electron chi connectivity index (χ2n) is 6.34. The standard InChI is InChI=1S/C21H15N3O2S/c25-20(9-13-7-8-27-12-13)22-15-5-6-17-16(11-15)21(24-23-17)19-10-14-3-1-2-4-18(14)26-19/h1-8,10-12H,9H2,(H,22,25)(H,23,24). The van der Waals surface area contributed by atoms with Crippen LogP contribution in [0.3, 0.4) is 0 Å². The minimum Gasteiger partial charge on any atom is -0.454 e. The van der Waals surface area contributed by atoms with Gasteiger partial charge < -0.3 is 9.73 Å². The van der Waals surface area contributed by atoms with Crippen LogP contribution in [-0.2, 0) is 11.2 Å². The lowest BCUT2D eigenvalue weighted by molar-refractivity contribution is -0.115. The Morgan fingerprint density at radius 2 is 2.07 bits per heavy atom. The smallest absolute Gasteiger partial charge is 0.228 e. The molecule has 5 aromatic rings. The lowest BCUT2D eigenvalue weighted by Crippen LogP contribution is -2.13. The quantitative estimate of drug-likeness (QED) is 0.454. The molecule has 0 radical (unpaired) electrons. The van der Waals surface area contributed by atoms with Crippen LogP contribution in [0.25, 0.3) is 33.3 Å². The molecule has 0 saturated heterocycles. The second kappa shape index (κ2) is 6.41. The number of carbonyl (C=O) groups excluding carboxylic acids is 1. The number of hydrogen-bond acceptors (Lipinski definition) is 4. The van der Waals surface area contributed by atoms with Crippen molar-refractivity contribution in [1.82, 2.24) is 10.2 Å². The molecule has 0 fully saturated rings. The first-order chi connectivity index (χ1) is 13.3. The highest BCUT2D eigenvalue weighted by molar-refractivity contribution is 7.08. The SMILES string of the molecule is O=C(Cc1ccsc1)Nc1ccc2[nH]nc(-c3cc4ccccc4o3)c2c1. The van der Waals surface area contributed by atoms with Gasteiger partial charge >= 0.3 is 0 Å². The van der Waals surface area contributed by atoms with Gasteiger partial charge in [0.2, 0.25) is 5.91 Å². The Balaban J connectivity index is 1.48. The van der Waals surface area contributed by atoms with E-state index in [0.29, 0.717) is 12.2 Å². The summed E-state index contributed by atoms with van der Waals surface area (Å²) in [4.78, 5) is 12.3. The number of amides is 1. The molecule has 132 valence electrons. The summed E-state index contributed by atoms with van der Waals surface area (Å²) in [6, 6.07) is 17.5. The molecule has 0 atom stereocenters. The molecule has 0 saturated carbocycles. The van der Waals surface area contributed by atoms with Gasteiger partial charge in [0, 0.05) is 16.5 Å². The number of fused-ring (bicyclic) bond motifs is 2. The zero-order chi connectivity index (χ0) is 18.2. The minimum atomic E-state index is -0.0402. The van der Waals surface area contributed by atoms with Crippen molar-refractivity contribution in [3.8, 4) is 11.5 Å². The summed E-state index contributed by atoms with van der Waals surface area (Å²) in [6.45, 7) is 0. The molecule has 6 heteroatoms. The fourth-order valence-electron chi connectivity index (χ4n) is 3.16. The van der Waals surface area contributed by atoms with Gasteiger partial charge in [-0.25, -0.2) is 0 Å². The Morgan fingerprint density at radius 1 is 1.15 bits per heavy atom. The third-order valence-electron chi connectivity index (χ3n) is 4.45. The van der Waals surface area contributed by atoms with Gasteiger partial charge in [0.1, 0.15) is 11.3 Å². The van der Waals surface area contributed by atoms with Crippen LogP contribution in [0.15, 0.2) is 69.8 Å². The predicted molar refractivity (Wildman–Crippen MR) is 108 cm³/mol. The van der Waals surface area contributed by atoms with Crippen molar-refractivity contribution in [3.63, 3.8) is 0 Å². The number of furan rings is 1. The van der Waals surface area contributed by atoms with Crippen molar-refractivity contribution in [2.24, 2.45) is 0 Å². The van der Waals surface area contributed by atoms with Crippen molar-refractivity contribution >= 4 is 44.8 Å². The molecular weight excluding hydrogens is 358 g/mol. The molecule has 3 aromatic heterocycles. The van der Waals surface area contributed by atoms with Gasteiger partial charge in [-0.15, -0.1) is 0 Å². The van der Waals surface area contributed by atoms with Crippen molar-refractivity contribution in [2.45, 2.75) is 6.42 Å². The zero-order valence-electron chi connectivity index (χ0n) is 14.2. The van der Waals surface area contributed by atoms with Gasteiger partial charge in [-0.1, -0.05) is 18.2 Å². The maximum Gasteiger partial charge on any atom is 0.228 e. The van der Waals surface area contributed by atoms with E-state index in [1.165, 1.54) is 0 Å². The molecule has 5 rings (SSSR count). The topological polar surface area (TPSA) is 70.9 Å². The van der Waals surface area contributed by atoms with Crippen LogP contribution in [0.5, 0.6) is 0 Å². The van der Waals surface area contributed by atoms with E-state index in [0.717, 1.165) is 38.8 Å². The van der Waals surface area contributed by atoms with Crippen LogP contribution in [-0.4, -0.2) is 16.1 Å². The Bertz CT molecular complexity index is 1220. The average molecular weight is 373 g/mol. The summed E-state index contributed by atoms with van der Waals surface area (Å²) in [7, 11) is 0. The van der Waals surface area contributed by atoms with Crippen LogP contribution in [0.2, 0.25) is 0 Å². The number of thiophene rings is 1. The van der Waals surface area contributed by atoms with Gasteiger partial charge in [0.05, 0.1) is 11.9 Å². The average Bonchev–Trinajstić information content (AvgIpc) is 3.40. The fourth-order valence-corrected chi connectivity index (χ4v) is 3.83. The Morgan fingerprint density at radius 3 is 2.93 bits per heavy atom. The van der Waals surface area contributed by atoms with Gasteiger partial charge in [-0.05, 0) is 52.7 Å². The summed E-state index contributed by atoms with van der Waals surface area (Å²) in [5.74, 6) is 0.658. The molecule has 0 unspecified atom stereocenters. The maximum absolute atomic E-state index is 12.3. The van der Waals surface area contributed by atoms with Crippen LogP contribution in [0, 0.1) is 0 Å². The highest BCUT2D eigenvalue weighted by atomic mass is 32.1. The summed E-state index contributed by atoms with van der Waals surface area (Å²) >= 11 is 1.59. The van der Waals surface area contributed by atoms with Crippen molar-refractivity contribution in [3.05, 3.63) is 70.9 Å². The van der Waals surface area contributed by atoms with Gasteiger partial charge in [-0.3, -0.25) is 9.89 Å². The molecule has 0 aliphatic rings. The third kappa shape index (κ3) is 3.00. The zero-order valence-corrected chi connectivity index (χ0v) is 15.0. The number of rotatable bonds is 4. The van der Waals surface area contributed by atoms with Crippen molar-refractivity contribution < 1.29 is 9.21 Å². The van der Waals surface area contributed by atoms with Crippen molar-refractivity contribution in [1.29, 1.82) is 0 Å². The first-order valence-electron chi connectivity index (χ1n) is 8.54. The molecule has 2 aromatic carbocycles. The molecule has 2 N–H and O–H groups in total. The molecular formula is C21H15N3O2S. The number of nitrogens with one attached hydrogen (secondary N) is 2. The molecule has 0 spiro atoms. The first-order valence-corrected chi connectivity index (χ1v) is 9.48. The van der Waals surface area contributed by atoms with E-state index in [9.17, 15) is 4.79 Å². The normalized spacial score (nSPS) is 11.3. The van der Waals surface area contributed by atoms with Crippen LogP contribution < -0.4 is 5.32 Å². The molecule has 0 aliphatic carbocycles. The summed E-state index contributed by atoms with van der Waals surface area (Å²) in [5, 5.41) is 16.3. The predicted octanol–water partition coefficient (Wildman–Crippen LogP) is 5.22. The van der Waals surface area contributed by atoms with Crippen LogP contribution in [0.4, 0.5) is 5.69 Å². The Kier molecular flexibility index (Phi) is 3.76. The fraction of sp³-hybridized carbons (Fsp3) is 0.0476. The largest absolute Gasteiger partial charge is 0.454 e. The van der Waals surface area contributed by atoms with E-state index in [1.54, 1.807) is 11.3 Å². The Labute approximate surface area is 158 Å². The molecule has 0 aliphatic heterocycles. The highest BCUT2D eigenvalue weighted by Crippen LogP contribution is 2.32. The highest BCUT2D eigenvalue weighted by Gasteiger charge is 2.14. The number of nitrogens with zero attached hydrogens (tertiary/aromatic N) is 1. The molecule has 1 amide bonds. The summed E-state index contributed by atoms with van der Waals surface area (Å²) < 4.78 is 5.94. The molecule has 3 heterocycles. The number of carbonyl (C=O) groups is 1. The maximum atomic E-state index is 12.3. The van der Waals surface area contributed by atoms with Crippen molar-refractivity contribution in [2.75, 3.05) is 5.32 Å². The summed E-state index contributed by atoms with van der Waals surface area (Å²) in [6.07, 6.45) is 0.364. The molecule has 5 nitrogen and oxygen atoms in total. The van der Waals surface area contributed by atoms with Crippen LogP contribution >= 0.6 is 11.3 Å². The first kappa shape index (κ1) is 15.8. The number of aromatic amines is 1. The number of H-pyrrole nitrogens is 1. The number of para-hydroxylation sites is 1. The Hall–Kier alpha value is -3.38. The lowest BCUT2D eigenvalue weighted by atomic mass is 10.1. The summed E-state index contributed by atoms with van der Waals surface area (Å²) in [5.41, 5.74) is 4.20. The van der Waals surface area contributed by atoms with E-state index in [2.05, 4.69) is 15.5 Å². The van der Waals surface area contributed by atoms with Gasteiger partial charge in [0.15, 0.2) is 5.76 Å². The number of anilines is 1. The lowest BCUT2D eigenvalue weighted by Gasteiger charge is -2.05. The van der Waals surface area contributed by atoms with Crippen LogP contribution in [0.1, 0.15) is 5.56 Å². The molecule has 27 heavy (non-hydrogen) atoms. The molecule has 0 bridgehead atoms.